The zero-order valence-corrected chi connectivity index (χ0v) is 15.1. The maximum absolute atomic E-state index is 12.7. The van der Waals surface area contributed by atoms with Gasteiger partial charge in [-0.2, -0.15) is 0 Å². The normalized spacial score (nSPS) is 11.3. The van der Waals surface area contributed by atoms with Crippen LogP contribution in [-0.2, 0) is 17.7 Å². The summed E-state index contributed by atoms with van der Waals surface area (Å²) < 4.78 is 9.16. The number of pyridine rings is 1. The Bertz CT molecular complexity index is 1080. The number of hydrogen-bond donors (Lipinski definition) is 1. The van der Waals surface area contributed by atoms with Crippen LogP contribution >= 0.6 is 0 Å². The van der Waals surface area contributed by atoms with Crippen molar-refractivity contribution in [3.8, 4) is 0 Å². The number of para-hydroxylation sites is 1. The Labute approximate surface area is 156 Å². The fourth-order valence-corrected chi connectivity index (χ4v) is 3.25. The lowest BCUT2D eigenvalue weighted by molar-refractivity contribution is 0.0955. The van der Waals surface area contributed by atoms with Gasteiger partial charge in [-0.1, -0.05) is 24.3 Å². The monoisotopic (exact) mass is 363 g/mol. The topological polar surface area (TPSA) is 73.4 Å². The highest BCUT2D eigenvalue weighted by atomic mass is 16.5. The highest BCUT2D eigenvalue weighted by Gasteiger charge is 2.15. The summed E-state index contributed by atoms with van der Waals surface area (Å²) in [5.41, 5.74) is 2.51. The third kappa shape index (κ3) is 3.41. The highest BCUT2D eigenvalue weighted by molar-refractivity contribution is 6.07. The number of aromatic nitrogens is 4. The molecule has 1 N–H and O–H groups in total. The van der Waals surface area contributed by atoms with Crippen LogP contribution in [0.15, 0.2) is 54.9 Å². The Balaban J connectivity index is 1.48. The molecule has 4 rings (SSSR count). The summed E-state index contributed by atoms with van der Waals surface area (Å²) in [6, 6.07) is 13.7. The molecule has 0 aliphatic heterocycles. The first kappa shape index (κ1) is 17.2. The fraction of sp³-hybridized carbons (Fsp3) is 0.250. The van der Waals surface area contributed by atoms with E-state index in [-0.39, 0.29) is 5.91 Å². The molecule has 3 aromatic heterocycles. The van der Waals surface area contributed by atoms with Crippen molar-refractivity contribution in [3.05, 3.63) is 66.2 Å². The van der Waals surface area contributed by atoms with Gasteiger partial charge in [-0.25, -0.2) is 0 Å². The van der Waals surface area contributed by atoms with Crippen molar-refractivity contribution in [3.63, 3.8) is 0 Å². The largest absolute Gasteiger partial charge is 0.383 e. The Hall–Kier alpha value is -3.19. The van der Waals surface area contributed by atoms with E-state index in [1.165, 1.54) is 0 Å². The molecule has 4 aromatic rings. The molecule has 0 unspecified atom stereocenters. The first-order valence-corrected chi connectivity index (χ1v) is 8.91. The average Bonchev–Trinajstić information content (AvgIpc) is 3.28. The van der Waals surface area contributed by atoms with Crippen LogP contribution in [0, 0.1) is 0 Å². The summed E-state index contributed by atoms with van der Waals surface area (Å²) in [7, 11) is 1.67. The van der Waals surface area contributed by atoms with Crippen LogP contribution in [0.5, 0.6) is 0 Å². The quantitative estimate of drug-likeness (QED) is 0.547. The number of rotatable bonds is 7. The van der Waals surface area contributed by atoms with E-state index in [9.17, 15) is 4.79 Å². The predicted octanol–water partition coefficient (Wildman–Crippen LogP) is 2.30. The highest BCUT2D eigenvalue weighted by Crippen LogP contribution is 2.21. The molecule has 0 atom stereocenters. The molecule has 1 amide bonds. The standard InChI is InChI=1S/C20H21N5O2/c1-27-13-12-24-14-16(15-6-2-3-7-17(15)24)20(26)21-10-9-19-23-22-18-8-4-5-11-25(18)19/h2-8,11,14H,9-10,12-13H2,1H3,(H,21,26). The van der Waals surface area contributed by atoms with E-state index in [4.69, 9.17) is 4.74 Å². The average molecular weight is 363 g/mol. The van der Waals surface area contributed by atoms with E-state index in [0.29, 0.717) is 31.7 Å². The van der Waals surface area contributed by atoms with Crippen LogP contribution in [0.2, 0.25) is 0 Å². The van der Waals surface area contributed by atoms with Crippen LogP contribution in [0.4, 0.5) is 0 Å². The van der Waals surface area contributed by atoms with Gasteiger partial charge >= 0.3 is 0 Å². The third-order valence-electron chi connectivity index (χ3n) is 4.59. The van der Waals surface area contributed by atoms with Gasteiger partial charge in [0.05, 0.1) is 12.2 Å². The Kier molecular flexibility index (Phi) is 4.84. The van der Waals surface area contributed by atoms with Gasteiger partial charge in [0, 0.05) is 49.9 Å². The number of benzene rings is 1. The van der Waals surface area contributed by atoms with Gasteiger partial charge in [-0.15, -0.1) is 10.2 Å². The predicted molar refractivity (Wildman–Crippen MR) is 103 cm³/mol. The number of ether oxygens (including phenoxy) is 1. The summed E-state index contributed by atoms with van der Waals surface area (Å²) in [6.45, 7) is 1.79. The minimum absolute atomic E-state index is 0.0869. The molecule has 7 nitrogen and oxygen atoms in total. The minimum atomic E-state index is -0.0869. The van der Waals surface area contributed by atoms with Crippen LogP contribution in [0.1, 0.15) is 16.2 Å². The molecule has 0 fully saturated rings. The molecule has 0 aliphatic rings. The molecule has 27 heavy (non-hydrogen) atoms. The van der Waals surface area contributed by atoms with Gasteiger partial charge in [0.25, 0.3) is 5.91 Å². The van der Waals surface area contributed by atoms with Crippen molar-refractivity contribution in [2.75, 3.05) is 20.3 Å². The number of carbonyl (C=O) groups is 1. The van der Waals surface area contributed by atoms with Gasteiger partial charge < -0.3 is 14.6 Å². The van der Waals surface area contributed by atoms with Gasteiger partial charge in [-0.05, 0) is 18.2 Å². The summed E-state index contributed by atoms with van der Waals surface area (Å²) >= 11 is 0. The summed E-state index contributed by atoms with van der Waals surface area (Å²) in [5.74, 6) is 0.740. The number of amides is 1. The molecule has 0 spiro atoms. The summed E-state index contributed by atoms with van der Waals surface area (Å²) in [6.07, 6.45) is 4.43. The molecule has 0 saturated carbocycles. The van der Waals surface area contributed by atoms with Crippen molar-refractivity contribution in [2.45, 2.75) is 13.0 Å². The molecule has 138 valence electrons. The second kappa shape index (κ2) is 7.59. The zero-order valence-electron chi connectivity index (χ0n) is 15.1. The fourth-order valence-electron chi connectivity index (χ4n) is 3.25. The molecular weight excluding hydrogens is 342 g/mol. The van der Waals surface area contributed by atoms with Crippen LogP contribution in [-0.4, -0.2) is 45.3 Å². The molecule has 0 saturated heterocycles. The Morgan fingerprint density at radius 1 is 1.15 bits per heavy atom. The first-order chi connectivity index (χ1) is 13.3. The number of hydrogen-bond acceptors (Lipinski definition) is 4. The lowest BCUT2D eigenvalue weighted by Crippen LogP contribution is -2.26. The number of nitrogens with one attached hydrogen (secondary N) is 1. The van der Waals surface area contributed by atoms with Crippen LogP contribution in [0.3, 0.4) is 0 Å². The Morgan fingerprint density at radius 2 is 2.00 bits per heavy atom. The number of carbonyl (C=O) groups excluding carboxylic acids is 1. The van der Waals surface area contributed by atoms with Gasteiger partial charge in [0.1, 0.15) is 5.82 Å². The lowest BCUT2D eigenvalue weighted by Gasteiger charge is -2.04. The lowest BCUT2D eigenvalue weighted by atomic mass is 10.1. The van der Waals surface area contributed by atoms with Gasteiger partial charge in [0.2, 0.25) is 0 Å². The summed E-state index contributed by atoms with van der Waals surface area (Å²) in [4.78, 5) is 12.7. The second-order valence-electron chi connectivity index (χ2n) is 6.30. The van der Waals surface area contributed by atoms with E-state index in [1.54, 1.807) is 7.11 Å². The van der Waals surface area contributed by atoms with Crippen LogP contribution < -0.4 is 5.32 Å². The molecule has 0 radical (unpaired) electrons. The molecule has 7 heteroatoms. The third-order valence-corrected chi connectivity index (χ3v) is 4.59. The smallest absolute Gasteiger partial charge is 0.253 e. The molecule has 1 aromatic carbocycles. The number of methoxy groups -OCH3 is 1. The minimum Gasteiger partial charge on any atom is -0.383 e. The van der Waals surface area contributed by atoms with Crippen molar-refractivity contribution in [1.29, 1.82) is 0 Å². The van der Waals surface area contributed by atoms with Crippen molar-refractivity contribution in [2.24, 2.45) is 0 Å². The van der Waals surface area contributed by atoms with Crippen molar-refractivity contribution in [1.82, 2.24) is 24.5 Å². The van der Waals surface area contributed by atoms with E-state index < -0.39 is 0 Å². The molecular formula is C20H21N5O2. The zero-order chi connectivity index (χ0) is 18.6. The van der Waals surface area contributed by atoms with E-state index >= 15 is 0 Å². The van der Waals surface area contributed by atoms with Crippen LogP contribution in [0.25, 0.3) is 16.6 Å². The van der Waals surface area contributed by atoms with Gasteiger partial charge in [0.15, 0.2) is 5.65 Å². The van der Waals surface area contributed by atoms with Crippen molar-refractivity contribution >= 4 is 22.5 Å². The second-order valence-corrected chi connectivity index (χ2v) is 6.30. The molecule has 0 aliphatic carbocycles. The SMILES string of the molecule is COCCn1cc(C(=O)NCCc2nnc3ccccn23)c2ccccc21. The van der Waals surface area contributed by atoms with Gasteiger partial charge in [-0.3, -0.25) is 9.20 Å². The van der Waals surface area contributed by atoms with Crippen molar-refractivity contribution < 1.29 is 9.53 Å². The first-order valence-electron chi connectivity index (χ1n) is 8.91. The number of fused-ring (bicyclic) bond motifs is 2. The van der Waals surface area contributed by atoms with E-state index in [0.717, 1.165) is 22.4 Å². The maximum atomic E-state index is 12.7. The Morgan fingerprint density at radius 3 is 2.89 bits per heavy atom. The summed E-state index contributed by atoms with van der Waals surface area (Å²) in [5, 5.41) is 12.3. The van der Waals surface area contributed by atoms with E-state index in [1.807, 2.05) is 59.3 Å². The molecule has 3 heterocycles. The number of nitrogens with zero attached hydrogens (tertiary/aromatic N) is 4. The maximum Gasteiger partial charge on any atom is 0.253 e. The molecule has 0 bridgehead atoms. The van der Waals surface area contributed by atoms with E-state index in [2.05, 4.69) is 20.1 Å².